The van der Waals surface area contributed by atoms with Gasteiger partial charge >= 0.3 is 0 Å². The van der Waals surface area contributed by atoms with Crippen LogP contribution >= 0.6 is 35.3 Å². The highest BCUT2D eigenvalue weighted by Gasteiger charge is 2.21. The summed E-state index contributed by atoms with van der Waals surface area (Å²) in [6.07, 6.45) is 2.56. The molecule has 78 valence electrons. The molecule has 0 amide bonds. The molecule has 1 aliphatic rings. The van der Waals surface area contributed by atoms with Gasteiger partial charge in [-0.25, -0.2) is 0 Å². The van der Waals surface area contributed by atoms with Crippen LogP contribution in [0.2, 0.25) is 0 Å². The van der Waals surface area contributed by atoms with Gasteiger partial charge in [-0.1, -0.05) is 25.3 Å². The molecule has 0 radical (unpaired) electrons. The van der Waals surface area contributed by atoms with Crippen molar-refractivity contribution in [2.24, 2.45) is 0 Å². The van der Waals surface area contributed by atoms with Crippen LogP contribution in [0.4, 0.5) is 0 Å². The minimum Gasteiger partial charge on any atom is -0.282 e. The summed E-state index contributed by atoms with van der Waals surface area (Å²) in [5, 5.41) is 0.0656. The van der Waals surface area contributed by atoms with Gasteiger partial charge in [0.1, 0.15) is 0 Å². The molecule has 0 saturated heterocycles. The normalized spacial score (nSPS) is 21.4. The third-order valence-corrected chi connectivity index (χ3v) is 6.12. The van der Waals surface area contributed by atoms with Crippen LogP contribution in [-0.4, -0.2) is 15.5 Å². The van der Waals surface area contributed by atoms with Crippen molar-refractivity contribution in [3.05, 3.63) is 22.5 Å². The maximum atomic E-state index is 11.0. The number of thioether (sulfide) groups is 3. The zero-order valence-corrected chi connectivity index (χ0v) is 10.9. The molecule has 0 aromatic heterocycles. The predicted octanol–water partition coefficient (Wildman–Crippen LogP) is 3.88. The SMILES string of the molecule is C=CC(=O)SCC1=C(C)SC(CC)S1. The molecular formula is C10H14OS3. The highest BCUT2D eigenvalue weighted by atomic mass is 32.2. The van der Waals surface area contributed by atoms with E-state index < -0.39 is 0 Å². The van der Waals surface area contributed by atoms with Gasteiger partial charge in [0.05, 0.1) is 4.58 Å². The van der Waals surface area contributed by atoms with Crippen molar-refractivity contribution < 1.29 is 4.79 Å². The third kappa shape index (κ3) is 3.41. The fourth-order valence-corrected chi connectivity index (χ4v) is 4.85. The molecule has 0 aliphatic carbocycles. The van der Waals surface area contributed by atoms with Crippen molar-refractivity contribution in [3.8, 4) is 0 Å². The minimum absolute atomic E-state index is 0.0656. The molecule has 14 heavy (non-hydrogen) atoms. The van der Waals surface area contributed by atoms with Crippen LogP contribution in [0.3, 0.4) is 0 Å². The Morgan fingerprint density at radius 2 is 2.36 bits per heavy atom. The van der Waals surface area contributed by atoms with Crippen LogP contribution in [0, 0.1) is 0 Å². The number of carbonyl (C=O) groups is 1. The molecule has 1 aliphatic heterocycles. The van der Waals surface area contributed by atoms with Gasteiger partial charge in [-0.3, -0.25) is 4.79 Å². The van der Waals surface area contributed by atoms with E-state index in [9.17, 15) is 4.79 Å². The number of carbonyl (C=O) groups excluding carboxylic acids is 1. The summed E-state index contributed by atoms with van der Waals surface area (Å²) in [4.78, 5) is 13.8. The lowest BCUT2D eigenvalue weighted by molar-refractivity contribution is -0.107. The molecule has 1 atom stereocenters. The Morgan fingerprint density at radius 1 is 1.64 bits per heavy atom. The first-order valence-electron chi connectivity index (χ1n) is 4.49. The highest BCUT2D eigenvalue weighted by molar-refractivity contribution is 8.24. The summed E-state index contributed by atoms with van der Waals surface area (Å²) in [6, 6.07) is 0. The number of hydrogen-bond donors (Lipinski definition) is 0. The summed E-state index contributed by atoms with van der Waals surface area (Å²) in [6.45, 7) is 7.80. The van der Waals surface area contributed by atoms with E-state index in [4.69, 9.17) is 0 Å². The Hall–Kier alpha value is 0.200. The lowest BCUT2D eigenvalue weighted by atomic mass is 10.6. The lowest BCUT2D eigenvalue weighted by Gasteiger charge is -2.03. The fraction of sp³-hybridized carbons (Fsp3) is 0.500. The average Bonchev–Trinajstić information content (AvgIpc) is 2.55. The number of hydrogen-bond acceptors (Lipinski definition) is 4. The quantitative estimate of drug-likeness (QED) is 0.700. The summed E-state index contributed by atoms with van der Waals surface area (Å²) in [7, 11) is 0. The largest absolute Gasteiger partial charge is 0.282 e. The molecule has 0 spiro atoms. The monoisotopic (exact) mass is 246 g/mol. The molecule has 0 fully saturated rings. The first-order chi connectivity index (χ1) is 6.67. The van der Waals surface area contributed by atoms with Gasteiger partial charge < -0.3 is 0 Å². The van der Waals surface area contributed by atoms with Gasteiger partial charge in [0, 0.05) is 10.7 Å². The first-order valence-corrected chi connectivity index (χ1v) is 7.24. The summed E-state index contributed by atoms with van der Waals surface area (Å²) in [5.41, 5.74) is 0. The summed E-state index contributed by atoms with van der Waals surface area (Å²) < 4.78 is 0.657. The van der Waals surface area contributed by atoms with Gasteiger partial charge in [-0.15, -0.1) is 23.5 Å². The topological polar surface area (TPSA) is 17.1 Å². The Kier molecular flexibility index (Phi) is 5.20. The second-order valence-corrected chi connectivity index (χ2v) is 6.86. The van der Waals surface area contributed by atoms with E-state index >= 15 is 0 Å². The predicted molar refractivity (Wildman–Crippen MR) is 69.6 cm³/mol. The first kappa shape index (κ1) is 12.3. The van der Waals surface area contributed by atoms with E-state index in [1.807, 2.05) is 23.5 Å². The maximum absolute atomic E-state index is 11.0. The molecule has 1 heterocycles. The van der Waals surface area contributed by atoms with E-state index in [-0.39, 0.29) is 5.12 Å². The zero-order valence-electron chi connectivity index (χ0n) is 8.41. The Bertz CT molecular complexity index is 271. The van der Waals surface area contributed by atoms with Crippen molar-refractivity contribution in [1.82, 2.24) is 0 Å². The molecule has 0 bridgehead atoms. The third-order valence-electron chi connectivity index (χ3n) is 1.82. The summed E-state index contributed by atoms with van der Waals surface area (Å²) >= 11 is 5.17. The van der Waals surface area contributed by atoms with E-state index in [0.717, 1.165) is 5.75 Å². The van der Waals surface area contributed by atoms with E-state index in [1.165, 1.54) is 34.1 Å². The smallest absolute Gasteiger partial charge is 0.211 e. The van der Waals surface area contributed by atoms with Crippen molar-refractivity contribution in [3.63, 3.8) is 0 Å². The molecule has 4 heteroatoms. The molecule has 0 saturated carbocycles. The zero-order chi connectivity index (χ0) is 10.6. The average molecular weight is 246 g/mol. The lowest BCUT2D eigenvalue weighted by Crippen LogP contribution is -1.90. The standard InChI is InChI=1S/C10H14OS3/c1-4-9(11)12-6-8-7(3)13-10(5-2)14-8/h4,10H,1,5-6H2,2-3H3. The Labute approximate surface area is 98.2 Å². The number of allylic oxidation sites excluding steroid dienone is 1. The van der Waals surface area contributed by atoms with Crippen LogP contribution in [0.1, 0.15) is 20.3 Å². The van der Waals surface area contributed by atoms with Crippen LogP contribution in [0.5, 0.6) is 0 Å². The second-order valence-electron chi connectivity index (χ2n) is 2.86. The Balaban J connectivity index is 2.41. The van der Waals surface area contributed by atoms with Crippen LogP contribution in [0.15, 0.2) is 22.5 Å². The Morgan fingerprint density at radius 3 is 2.86 bits per heavy atom. The maximum Gasteiger partial charge on any atom is 0.211 e. The van der Waals surface area contributed by atoms with Crippen molar-refractivity contribution in [2.75, 3.05) is 5.75 Å². The van der Waals surface area contributed by atoms with Gasteiger partial charge in [0.15, 0.2) is 0 Å². The van der Waals surface area contributed by atoms with Crippen LogP contribution in [-0.2, 0) is 4.79 Å². The minimum atomic E-state index is 0.0656. The summed E-state index contributed by atoms with van der Waals surface area (Å²) in [5.74, 6) is 0.810. The molecule has 1 unspecified atom stereocenters. The van der Waals surface area contributed by atoms with E-state index in [1.54, 1.807) is 0 Å². The molecular weight excluding hydrogens is 232 g/mol. The highest BCUT2D eigenvalue weighted by Crippen LogP contribution is 2.47. The molecule has 1 rings (SSSR count). The second kappa shape index (κ2) is 5.93. The van der Waals surface area contributed by atoms with Gasteiger partial charge in [0.2, 0.25) is 5.12 Å². The number of rotatable bonds is 4. The van der Waals surface area contributed by atoms with Gasteiger partial charge in [-0.2, -0.15) is 0 Å². The molecule has 1 nitrogen and oxygen atoms in total. The van der Waals surface area contributed by atoms with Gasteiger partial charge in [-0.05, 0) is 24.3 Å². The van der Waals surface area contributed by atoms with Crippen molar-refractivity contribution in [2.45, 2.75) is 24.9 Å². The van der Waals surface area contributed by atoms with Gasteiger partial charge in [0.25, 0.3) is 0 Å². The molecule has 0 aromatic rings. The van der Waals surface area contributed by atoms with E-state index in [2.05, 4.69) is 20.4 Å². The van der Waals surface area contributed by atoms with Crippen LogP contribution in [0.25, 0.3) is 0 Å². The van der Waals surface area contributed by atoms with E-state index in [0.29, 0.717) is 4.58 Å². The van der Waals surface area contributed by atoms with Crippen LogP contribution < -0.4 is 0 Å². The fourth-order valence-electron chi connectivity index (χ4n) is 1.03. The van der Waals surface area contributed by atoms with Crippen molar-refractivity contribution in [1.29, 1.82) is 0 Å². The molecule has 0 N–H and O–H groups in total. The van der Waals surface area contributed by atoms with Crippen molar-refractivity contribution >= 4 is 40.4 Å². The molecule has 0 aromatic carbocycles.